The van der Waals surface area contributed by atoms with Crippen LogP contribution in [0.4, 0.5) is 0 Å². The second-order valence-electron chi connectivity index (χ2n) is 8.39. The SMILES string of the molecule is CC(=O)CCc1ccc(C#CC2(O)CN3CCC2CC3)c(Cc2ccccc2)n1. The third-order valence-corrected chi connectivity index (χ3v) is 6.12. The normalized spacial score (nSPS) is 25.3. The van der Waals surface area contributed by atoms with Crippen molar-refractivity contribution < 1.29 is 9.90 Å². The summed E-state index contributed by atoms with van der Waals surface area (Å²) in [6.45, 7) is 4.39. The smallest absolute Gasteiger partial charge is 0.141 e. The maximum absolute atomic E-state index is 11.4. The van der Waals surface area contributed by atoms with E-state index in [0.717, 1.165) is 42.9 Å². The summed E-state index contributed by atoms with van der Waals surface area (Å²) in [7, 11) is 0. The molecule has 0 spiro atoms. The number of nitrogens with zero attached hydrogens (tertiary/aromatic N) is 2. The van der Waals surface area contributed by atoms with Gasteiger partial charge in [0.05, 0.1) is 5.69 Å². The van der Waals surface area contributed by atoms with Crippen molar-refractivity contribution in [2.24, 2.45) is 5.92 Å². The Kier molecular flexibility index (Phi) is 5.80. The minimum atomic E-state index is -0.923. The monoisotopic (exact) mass is 388 g/mol. The molecule has 29 heavy (non-hydrogen) atoms. The van der Waals surface area contributed by atoms with Crippen molar-refractivity contribution in [1.29, 1.82) is 0 Å². The molecule has 1 aromatic heterocycles. The Bertz CT molecular complexity index is 936. The van der Waals surface area contributed by atoms with Crippen LogP contribution in [-0.2, 0) is 17.6 Å². The topological polar surface area (TPSA) is 53.4 Å². The molecule has 2 bridgehead atoms. The molecule has 1 aromatic carbocycles. The zero-order valence-corrected chi connectivity index (χ0v) is 17.0. The van der Waals surface area contributed by atoms with Crippen LogP contribution in [0.25, 0.3) is 0 Å². The number of Topliss-reactive ketones (excluding diaryl/α,β-unsaturated/α-hetero) is 1. The molecule has 4 heterocycles. The summed E-state index contributed by atoms with van der Waals surface area (Å²) in [4.78, 5) is 18.5. The third kappa shape index (κ3) is 4.75. The Hall–Kier alpha value is -2.48. The minimum Gasteiger partial charge on any atom is -0.376 e. The van der Waals surface area contributed by atoms with E-state index in [2.05, 4.69) is 28.9 Å². The number of carbonyl (C=O) groups is 1. The number of hydrogen-bond donors (Lipinski definition) is 1. The number of fused-ring (bicyclic) bond motifs is 3. The van der Waals surface area contributed by atoms with E-state index in [4.69, 9.17) is 4.98 Å². The molecule has 0 radical (unpaired) electrons. The largest absolute Gasteiger partial charge is 0.376 e. The van der Waals surface area contributed by atoms with Crippen LogP contribution >= 0.6 is 0 Å². The van der Waals surface area contributed by atoms with Crippen molar-refractivity contribution in [1.82, 2.24) is 9.88 Å². The van der Waals surface area contributed by atoms with Gasteiger partial charge in [-0.05, 0) is 57.0 Å². The fourth-order valence-corrected chi connectivity index (χ4v) is 4.38. The van der Waals surface area contributed by atoms with Crippen molar-refractivity contribution in [3.05, 3.63) is 65.0 Å². The summed E-state index contributed by atoms with van der Waals surface area (Å²) < 4.78 is 0. The number of carbonyl (C=O) groups excluding carboxylic acids is 1. The lowest BCUT2D eigenvalue weighted by Gasteiger charge is -2.47. The van der Waals surface area contributed by atoms with Crippen molar-refractivity contribution in [3.63, 3.8) is 0 Å². The molecule has 0 saturated carbocycles. The van der Waals surface area contributed by atoms with Crippen LogP contribution in [0.2, 0.25) is 0 Å². The first-order valence-corrected chi connectivity index (χ1v) is 10.5. The zero-order valence-electron chi connectivity index (χ0n) is 17.0. The molecule has 150 valence electrons. The molecular formula is C25H28N2O2. The average molecular weight is 389 g/mol. The molecule has 4 heteroatoms. The molecule has 1 atom stereocenters. The van der Waals surface area contributed by atoms with Crippen LogP contribution < -0.4 is 0 Å². The van der Waals surface area contributed by atoms with E-state index < -0.39 is 5.60 Å². The summed E-state index contributed by atoms with van der Waals surface area (Å²) in [6, 6.07) is 14.2. The Balaban J connectivity index is 1.62. The lowest BCUT2D eigenvalue weighted by molar-refractivity contribution is -0.117. The molecule has 2 aromatic rings. The molecule has 3 aliphatic rings. The van der Waals surface area contributed by atoms with Crippen molar-refractivity contribution >= 4 is 5.78 Å². The van der Waals surface area contributed by atoms with Crippen molar-refractivity contribution in [3.8, 4) is 11.8 Å². The first kappa shape index (κ1) is 19.8. The predicted molar refractivity (Wildman–Crippen MR) is 113 cm³/mol. The quantitative estimate of drug-likeness (QED) is 0.800. The fraction of sp³-hybridized carbons (Fsp3) is 0.440. The number of aryl methyl sites for hydroxylation is 1. The summed E-state index contributed by atoms with van der Waals surface area (Å²) >= 11 is 0. The van der Waals surface area contributed by atoms with E-state index in [-0.39, 0.29) is 11.7 Å². The van der Waals surface area contributed by atoms with Crippen molar-refractivity contribution in [2.45, 2.75) is 44.6 Å². The van der Waals surface area contributed by atoms with Crippen LogP contribution in [0, 0.1) is 17.8 Å². The highest BCUT2D eigenvalue weighted by Crippen LogP contribution is 2.35. The van der Waals surface area contributed by atoms with E-state index >= 15 is 0 Å². The van der Waals surface area contributed by atoms with Gasteiger partial charge < -0.3 is 9.90 Å². The highest BCUT2D eigenvalue weighted by Gasteiger charge is 2.44. The second-order valence-corrected chi connectivity index (χ2v) is 8.39. The molecule has 3 fully saturated rings. The van der Waals surface area contributed by atoms with Gasteiger partial charge in [0.25, 0.3) is 0 Å². The first-order chi connectivity index (χ1) is 14.0. The molecule has 0 aliphatic carbocycles. The summed E-state index contributed by atoms with van der Waals surface area (Å²) in [6.07, 6.45) is 3.87. The first-order valence-electron chi connectivity index (χ1n) is 10.5. The molecule has 3 saturated heterocycles. The number of rotatable bonds is 5. The summed E-state index contributed by atoms with van der Waals surface area (Å²) in [5, 5.41) is 11.1. The van der Waals surface area contributed by atoms with Crippen LogP contribution in [0.15, 0.2) is 42.5 Å². The molecular weight excluding hydrogens is 360 g/mol. The summed E-state index contributed by atoms with van der Waals surface area (Å²) in [5.74, 6) is 6.91. The number of aromatic nitrogens is 1. The fourth-order valence-electron chi connectivity index (χ4n) is 4.38. The minimum absolute atomic E-state index is 0.171. The molecule has 5 rings (SSSR count). The molecule has 3 aliphatic heterocycles. The van der Waals surface area contributed by atoms with Gasteiger partial charge in [0.2, 0.25) is 0 Å². The Morgan fingerprint density at radius 1 is 1.21 bits per heavy atom. The van der Waals surface area contributed by atoms with Crippen LogP contribution in [0.3, 0.4) is 0 Å². The maximum atomic E-state index is 11.4. The highest BCUT2D eigenvalue weighted by molar-refractivity contribution is 5.75. The van der Waals surface area contributed by atoms with E-state index in [0.29, 0.717) is 25.8 Å². The van der Waals surface area contributed by atoms with E-state index in [1.165, 1.54) is 5.56 Å². The Morgan fingerprint density at radius 2 is 1.97 bits per heavy atom. The van der Waals surface area contributed by atoms with Gasteiger partial charge in [-0.3, -0.25) is 9.88 Å². The summed E-state index contributed by atoms with van der Waals surface area (Å²) in [5.41, 5.74) is 2.94. The van der Waals surface area contributed by atoms with Gasteiger partial charge in [0.15, 0.2) is 0 Å². The third-order valence-electron chi connectivity index (χ3n) is 6.12. The zero-order chi connectivity index (χ0) is 20.3. The number of hydrogen-bond acceptors (Lipinski definition) is 4. The predicted octanol–water partition coefficient (Wildman–Crippen LogP) is 3.00. The Morgan fingerprint density at radius 3 is 2.62 bits per heavy atom. The second kappa shape index (κ2) is 8.49. The van der Waals surface area contributed by atoms with Gasteiger partial charge in [-0.2, -0.15) is 0 Å². The van der Waals surface area contributed by atoms with Gasteiger partial charge in [0, 0.05) is 36.6 Å². The standard InChI is InChI=1S/C25H28N2O2/c1-19(28)7-9-23-10-8-21(24(26-23)17-20-5-3-2-4-6-20)11-14-25(29)18-27-15-12-22(25)13-16-27/h2-6,8,10,22,29H,7,9,12-13,15-18H2,1H3. The number of piperidine rings is 3. The van der Waals surface area contributed by atoms with E-state index in [1.807, 2.05) is 30.3 Å². The van der Waals surface area contributed by atoms with Gasteiger partial charge >= 0.3 is 0 Å². The van der Waals surface area contributed by atoms with Gasteiger partial charge in [-0.15, -0.1) is 0 Å². The number of ketones is 1. The van der Waals surface area contributed by atoms with Crippen LogP contribution in [0.1, 0.15) is 48.7 Å². The Labute approximate surface area is 173 Å². The molecule has 1 unspecified atom stereocenters. The number of pyridine rings is 1. The lowest BCUT2D eigenvalue weighted by Crippen LogP contribution is -2.58. The molecule has 0 amide bonds. The van der Waals surface area contributed by atoms with Gasteiger partial charge in [-0.1, -0.05) is 42.2 Å². The number of benzene rings is 1. The number of aliphatic hydroxyl groups is 1. The van der Waals surface area contributed by atoms with Gasteiger partial charge in [-0.25, -0.2) is 0 Å². The van der Waals surface area contributed by atoms with Crippen LogP contribution in [0.5, 0.6) is 0 Å². The molecule has 4 nitrogen and oxygen atoms in total. The average Bonchev–Trinajstić information content (AvgIpc) is 2.73. The highest BCUT2D eigenvalue weighted by atomic mass is 16.3. The maximum Gasteiger partial charge on any atom is 0.141 e. The van der Waals surface area contributed by atoms with Crippen molar-refractivity contribution in [2.75, 3.05) is 19.6 Å². The van der Waals surface area contributed by atoms with Crippen LogP contribution in [-0.4, -0.2) is 46.0 Å². The molecule has 1 N–H and O–H groups in total. The van der Waals surface area contributed by atoms with Gasteiger partial charge in [0.1, 0.15) is 11.4 Å². The van der Waals surface area contributed by atoms with E-state index in [1.54, 1.807) is 6.92 Å². The van der Waals surface area contributed by atoms with E-state index in [9.17, 15) is 9.90 Å². The lowest BCUT2D eigenvalue weighted by atomic mass is 9.75.